The standard InChI is InChI=1S/C22H24N2O5/c1-14-11-19(9-10-20(14)24(27)28)22(26)29-13-21(25)23-15(2)17-8-7-16-5-3-4-6-18(16)12-17/h7-12,15H,3-6,13H2,1-2H3,(H,23,25)/t15-/m0/s1. The number of aryl methyl sites for hydroxylation is 3. The van der Waals surface area contributed by atoms with Crippen molar-refractivity contribution < 1.29 is 19.2 Å². The second kappa shape index (κ2) is 8.86. The Balaban J connectivity index is 1.55. The van der Waals surface area contributed by atoms with E-state index in [1.165, 1.54) is 42.2 Å². The minimum Gasteiger partial charge on any atom is -0.452 e. The first-order chi connectivity index (χ1) is 13.8. The van der Waals surface area contributed by atoms with Crippen molar-refractivity contribution in [3.05, 3.63) is 74.3 Å². The van der Waals surface area contributed by atoms with Crippen LogP contribution in [-0.2, 0) is 22.4 Å². The average molecular weight is 396 g/mol. The summed E-state index contributed by atoms with van der Waals surface area (Å²) in [6.45, 7) is 3.02. The molecule has 1 aliphatic carbocycles. The van der Waals surface area contributed by atoms with Gasteiger partial charge >= 0.3 is 5.97 Å². The lowest BCUT2D eigenvalue weighted by Gasteiger charge is -2.20. The SMILES string of the molecule is Cc1cc(C(=O)OCC(=O)N[C@@H](C)c2ccc3c(c2)CCCC3)ccc1[N+](=O)[O-]. The number of hydrogen-bond donors (Lipinski definition) is 1. The molecule has 3 rings (SSSR count). The summed E-state index contributed by atoms with van der Waals surface area (Å²) < 4.78 is 5.05. The maximum absolute atomic E-state index is 12.2. The van der Waals surface area contributed by atoms with Gasteiger partial charge in [-0.25, -0.2) is 4.79 Å². The number of nitro benzene ring substituents is 1. The Morgan fingerprint density at radius 3 is 2.55 bits per heavy atom. The van der Waals surface area contributed by atoms with Crippen LogP contribution in [0.5, 0.6) is 0 Å². The molecule has 7 nitrogen and oxygen atoms in total. The van der Waals surface area contributed by atoms with Crippen molar-refractivity contribution >= 4 is 17.6 Å². The van der Waals surface area contributed by atoms with E-state index in [4.69, 9.17) is 4.74 Å². The Morgan fingerprint density at radius 2 is 1.86 bits per heavy atom. The second-order valence-corrected chi connectivity index (χ2v) is 7.36. The van der Waals surface area contributed by atoms with Crippen LogP contribution >= 0.6 is 0 Å². The molecule has 1 aliphatic rings. The van der Waals surface area contributed by atoms with Gasteiger partial charge < -0.3 is 10.1 Å². The molecule has 29 heavy (non-hydrogen) atoms. The van der Waals surface area contributed by atoms with Gasteiger partial charge in [0.15, 0.2) is 6.61 Å². The molecule has 2 aromatic rings. The highest BCUT2D eigenvalue weighted by Crippen LogP contribution is 2.25. The number of nitrogens with zero attached hydrogens (tertiary/aromatic N) is 1. The zero-order valence-corrected chi connectivity index (χ0v) is 16.6. The van der Waals surface area contributed by atoms with Gasteiger partial charge in [-0.15, -0.1) is 0 Å². The summed E-state index contributed by atoms with van der Waals surface area (Å²) in [5.41, 5.74) is 4.20. The highest BCUT2D eigenvalue weighted by atomic mass is 16.6. The lowest BCUT2D eigenvalue weighted by molar-refractivity contribution is -0.385. The van der Waals surface area contributed by atoms with Crippen LogP contribution in [0.15, 0.2) is 36.4 Å². The predicted molar refractivity (Wildman–Crippen MR) is 108 cm³/mol. The Morgan fingerprint density at radius 1 is 1.14 bits per heavy atom. The van der Waals surface area contributed by atoms with E-state index in [1.807, 2.05) is 13.0 Å². The number of rotatable bonds is 6. The number of fused-ring (bicyclic) bond motifs is 1. The normalized spacial score (nSPS) is 13.9. The number of nitro groups is 1. The van der Waals surface area contributed by atoms with Crippen LogP contribution in [0.1, 0.15) is 58.4 Å². The third-order valence-corrected chi connectivity index (χ3v) is 5.21. The molecule has 0 saturated heterocycles. The molecule has 0 radical (unpaired) electrons. The quantitative estimate of drug-likeness (QED) is 0.455. The first-order valence-electron chi connectivity index (χ1n) is 9.68. The number of amides is 1. The molecular formula is C22H24N2O5. The van der Waals surface area contributed by atoms with Gasteiger partial charge in [-0.05, 0) is 68.4 Å². The first kappa shape index (κ1) is 20.5. The topological polar surface area (TPSA) is 98.5 Å². The fourth-order valence-corrected chi connectivity index (χ4v) is 3.59. The van der Waals surface area contributed by atoms with Crippen LogP contribution < -0.4 is 5.32 Å². The number of esters is 1. The maximum atomic E-state index is 12.2. The van der Waals surface area contributed by atoms with Crippen LogP contribution in [0.25, 0.3) is 0 Å². The van der Waals surface area contributed by atoms with Crippen LogP contribution in [0.2, 0.25) is 0 Å². The first-order valence-corrected chi connectivity index (χ1v) is 9.68. The molecule has 1 N–H and O–H groups in total. The fraction of sp³-hybridized carbons (Fsp3) is 0.364. The van der Waals surface area contributed by atoms with Gasteiger partial charge in [-0.3, -0.25) is 14.9 Å². The lowest BCUT2D eigenvalue weighted by atomic mass is 9.89. The molecule has 0 unspecified atom stereocenters. The van der Waals surface area contributed by atoms with Crippen molar-refractivity contribution in [1.82, 2.24) is 5.32 Å². The lowest BCUT2D eigenvalue weighted by Crippen LogP contribution is -2.31. The molecule has 1 amide bonds. The monoisotopic (exact) mass is 396 g/mol. The van der Waals surface area contributed by atoms with Crippen molar-refractivity contribution in [3.63, 3.8) is 0 Å². The summed E-state index contributed by atoms with van der Waals surface area (Å²) in [5, 5.41) is 13.7. The molecule has 152 valence electrons. The zero-order chi connectivity index (χ0) is 21.0. The average Bonchev–Trinajstić information content (AvgIpc) is 2.71. The third-order valence-electron chi connectivity index (χ3n) is 5.21. The van der Waals surface area contributed by atoms with Crippen molar-refractivity contribution in [2.45, 2.75) is 45.6 Å². The minimum absolute atomic E-state index is 0.0711. The molecular weight excluding hydrogens is 372 g/mol. The molecule has 0 fully saturated rings. The Labute approximate surface area is 169 Å². The fourth-order valence-electron chi connectivity index (χ4n) is 3.59. The molecule has 7 heteroatoms. The number of carbonyl (C=O) groups is 2. The number of benzene rings is 2. The number of nitrogens with one attached hydrogen (secondary N) is 1. The number of hydrogen-bond acceptors (Lipinski definition) is 5. The van der Waals surface area contributed by atoms with Crippen LogP contribution in [0.4, 0.5) is 5.69 Å². The van der Waals surface area contributed by atoms with E-state index < -0.39 is 23.4 Å². The number of ether oxygens (including phenoxy) is 1. The van der Waals surface area contributed by atoms with Crippen molar-refractivity contribution in [1.29, 1.82) is 0 Å². The predicted octanol–water partition coefficient (Wildman–Crippen LogP) is 3.82. The summed E-state index contributed by atoms with van der Waals surface area (Å²) in [6.07, 6.45) is 4.58. The summed E-state index contributed by atoms with van der Waals surface area (Å²) in [7, 11) is 0. The van der Waals surface area contributed by atoms with E-state index in [-0.39, 0.29) is 17.3 Å². The van der Waals surface area contributed by atoms with Crippen LogP contribution in [0, 0.1) is 17.0 Å². The highest BCUT2D eigenvalue weighted by Gasteiger charge is 2.17. The summed E-state index contributed by atoms with van der Waals surface area (Å²) in [4.78, 5) is 34.7. The zero-order valence-electron chi connectivity index (χ0n) is 16.6. The summed E-state index contributed by atoms with van der Waals surface area (Å²) >= 11 is 0. The molecule has 2 aromatic carbocycles. The smallest absolute Gasteiger partial charge is 0.338 e. The Hall–Kier alpha value is -3.22. The van der Waals surface area contributed by atoms with E-state index in [0.29, 0.717) is 5.56 Å². The van der Waals surface area contributed by atoms with Gasteiger partial charge in [0.2, 0.25) is 0 Å². The Kier molecular flexibility index (Phi) is 6.26. The minimum atomic E-state index is -0.695. The summed E-state index contributed by atoms with van der Waals surface area (Å²) in [6, 6.07) is 10.1. The van der Waals surface area contributed by atoms with E-state index in [9.17, 15) is 19.7 Å². The van der Waals surface area contributed by atoms with Gasteiger partial charge in [0.25, 0.3) is 11.6 Å². The van der Waals surface area contributed by atoms with Gasteiger partial charge in [0, 0.05) is 11.6 Å². The van der Waals surface area contributed by atoms with Gasteiger partial charge in [-0.1, -0.05) is 18.2 Å². The highest BCUT2D eigenvalue weighted by molar-refractivity contribution is 5.91. The summed E-state index contributed by atoms with van der Waals surface area (Å²) in [5.74, 6) is -1.10. The molecule has 0 saturated carbocycles. The molecule has 0 bridgehead atoms. The second-order valence-electron chi connectivity index (χ2n) is 7.36. The molecule has 0 heterocycles. The van der Waals surface area contributed by atoms with E-state index in [2.05, 4.69) is 17.4 Å². The van der Waals surface area contributed by atoms with Gasteiger partial charge in [-0.2, -0.15) is 0 Å². The van der Waals surface area contributed by atoms with Crippen LogP contribution in [-0.4, -0.2) is 23.4 Å². The van der Waals surface area contributed by atoms with Crippen molar-refractivity contribution in [2.75, 3.05) is 6.61 Å². The molecule has 0 aromatic heterocycles. The van der Waals surface area contributed by atoms with Gasteiger partial charge in [0.1, 0.15) is 0 Å². The van der Waals surface area contributed by atoms with Gasteiger partial charge in [0.05, 0.1) is 16.5 Å². The molecule has 0 aliphatic heterocycles. The Bertz CT molecular complexity index is 954. The molecule has 0 spiro atoms. The molecule has 1 atom stereocenters. The van der Waals surface area contributed by atoms with Crippen molar-refractivity contribution in [2.24, 2.45) is 0 Å². The van der Waals surface area contributed by atoms with Crippen LogP contribution in [0.3, 0.4) is 0 Å². The largest absolute Gasteiger partial charge is 0.452 e. The third kappa shape index (κ3) is 4.99. The van der Waals surface area contributed by atoms with E-state index in [1.54, 1.807) is 6.92 Å². The van der Waals surface area contributed by atoms with E-state index in [0.717, 1.165) is 18.4 Å². The van der Waals surface area contributed by atoms with E-state index >= 15 is 0 Å². The van der Waals surface area contributed by atoms with Crippen molar-refractivity contribution in [3.8, 4) is 0 Å². The maximum Gasteiger partial charge on any atom is 0.338 e. The number of carbonyl (C=O) groups excluding carboxylic acids is 2.